The molecule has 9 heteroatoms. The second-order valence-corrected chi connectivity index (χ2v) is 6.37. The number of rotatable bonds is 9. The number of nitrogens with zero attached hydrogens (tertiary/aromatic N) is 2. The van der Waals surface area contributed by atoms with Gasteiger partial charge in [0.15, 0.2) is 0 Å². The molecule has 21 heavy (non-hydrogen) atoms. The molecule has 0 fully saturated rings. The van der Waals surface area contributed by atoms with Crippen LogP contribution in [0.25, 0.3) is 0 Å². The lowest BCUT2D eigenvalue weighted by atomic mass is 10.4. The number of carbonyl (C=O) groups is 1. The quantitative estimate of drug-likeness (QED) is 0.604. The van der Waals surface area contributed by atoms with Crippen LogP contribution in [-0.4, -0.2) is 57.8 Å². The van der Waals surface area contributed by atoms with Gasteiger partial charge in [-0.2, -0.15) is 4.31 Å². The van der Waals surface area contributed by atoms with E-state index in [9.17, 15) is 13.2 Å². The second-order valence-electron chi connectivity index (χ2n) is 4.40. The highest BCUT2D eigenvalue weighted by molar-refractivity contribution is 7.88. The van der Waals surface area contributed by atoms with E-state index in [1.54, 1.807) is 13.0 Å². The zero-order valence-corrected chi connectivity index (χ0v) is 13.2. The van der Waals surface area contributed by atoms with Crippen LogP contribution < -0.4 is 0 Å². The molecule has 0 aliphatic heterocycles. The van der Waals surface area contributed by atoms with E-state index in [0.717, 1.165) is 0 Å². The summed E-state index contributed by atoms with van der Waals surface area (Å²) >= 11 is 0. The number of hydrogen-bond acceptors (Lipinski definition) is 7. The predicted molar refractivity (Wildman–Crippen MR) is 73.9 cm³/mol. The van der Waals surface area contributed by atoms with Crippen molar-refractivity contribution in [2.75, 3.05) is 33.9 Å². The van der Waals surface area contributed by atoms with E-state index in [1.165, 1.54) is 18.5 Å². The van der Waals surface area contributed by atoms with Crippen molar-refractivity contribution in [3.05, 3.63) is 17.5 Å². The molecule has 0 radical (unpaired) electrons. The van der Waals surface area contributed by atoms with Crippen molar-refractivity contribution in [3.8, 4) is 0 Å². The molecule has 0 atom stereocenters. The average molecular weight is 320 g/mol. The Labute approximate surface area is 124 Å². The van der Waals surface area contributed by atoms with Crippen LogP contribution in [-0.2, 0) is 30.0 Å². The van der Waals surface area contributed by atoms with Crippen LogP contribution in [0.4, 0.5) is 0 Å². The first-order valence-corrected chi connectivity index (χ1v) is 7.95. The van der Waals surface area contributed by atoms with E-state index in [4.69, 9.17) is 9.26 Å². The van der Waals surface area contributed by atoms with Crippen molar-refractivity contribution in [1.82, 2.24) is 9.46 Å². The molecule has 0 aromatic carbocycles. The summed E-state index contributed by atoms with van der Waals surface area (Å²) in [5.41, 5.74) is 0.327. The minimum absolute atomic E-state index is 0.0166. The Kier molecular flexibility index (Phi) is 6.79. The molecule has 0 aliphatic rings. The summed E-state index contributed by atoms with van der Waals surface area (Å²) in [7, 11) is -0.878. The zero-order valence-electron chi connectivity index (χ0n) is 12.4. The lowest BCUT2D eigenvalue weighted by molar-refractivity contribution is -0.140. The van der Waals surface area contributed by atoms with Gasteiger partial charge >= 0.3 is 5.97 Å². The molecule has 0 N–H and O–H groups in total. The van der Waals surface area contributed by atoms with Crippen molar-refractivity contribution < 1.29 is 27.2 Å². The SMILES string of the molecule is COCCN(CCC(=O)OC)S(=O)(=O)Cc1cc(C)on1. The van der Waals surface area contributed by atoms with Gasteiger partial charge in [0, 0.05) is 26.3 Å². The number of sulfonamides is 1. The van der Waals surface area contributed by atoms with Gasteiger partial charge in [-0.3, -0.25) is 4.79 Å². The molecule has 1 heterocycles. The Bertz CT molecular complexity index is 554. The molecular weight excluding hydrogens is 300 g/mol. The summed E-state index contributed by atoms with van der Waals surface area (Å²) in [6.07, 6.45) is -0.0166. The summed E-state index contributed by atoms with van der Waals surface area (Å²) in [6, 6.07) is 1.56. The number of carbonyl (C=O) groups excluding carboxylic acids is 1. The van der Waals surface area contributed by atoms with Gasteiger partial charge in [0.05, 0.1) is 20.1 Å². The van der Waals surface area contributed by atoms with Gasteiger partial charge < -0.3 is 14.0 Å². The molecule has 120 valence electrons. The van der Waals surface area contributed by atoms with Gasteiger partial charge in [0.25, 0.3) is 0 Å². The maximum Gasteiger partial charge on any atom is 0.306 e. The third-order valence-electron chi connectivity index (χ3n) is 2.74. The Morgan fingerprint density at radius 1 is 1.38 bits per heavy atom. The Morgan fingerprint density at radius 3 is 2.62 bits per heavy atom. The van der Waals surface area contributed by atoms with E-state index >= 15 is 0 Å². The first-order chi connectivity index (χ1) is 9.89. The molecule has 0 saturated heterocycles. The first kappa shape index (κ1) is 17.6. The summed E-state index contributed by atoms with van der Waals surface area (Å²) in [6.45, 7) is 2.11. The number of methoxy groups -OCH3 is 2. The summed E-state index contributed by atoms with van der Waals surface area (Å²) < 4.78 is 40.2. The van der Waals surface area contributed by atoms with Crippen LogP contribution in [0.3, 0.4) is 0 Å². The fourth-order valence-electron chi connectivity index (χ4n) is 1.67. The topological polar surface area (TPSA) is 98.9 Å². The number of ether oxygens (including phenoxy) is 2. The van der Waals surface area contributed by atoms with Crippen LogP contribution in [0.15, 0.2) is 10.6 Å². The van der Waals surface area contributed by atoms with Crippen molar-refractivity contribution in [2.45, 2.75) is 19.1 Å². The fraction of sp³-hybridized carbons (Fsp3) is 0.667. The predicted octanol–water partition coefficient (Wildman–Crippen LogP) is 0.324. The van der Waals surface area contributed by atoms with E-state index in [-0.39, 0.29) is 31.9 Å². The number of esters is 1. The smallest absolute Gasteiger partial charge is 0.306 e. The van der Waals surface area contributed by atoms with Crippen LogP contribution in [0.1, 0.15) is 17.9 Å². The highest BCUT2D eigenvalue weighted by Crippen LogP contribution is 2.12. The second kappa shape index (κ2) is 8.11. The van der Waals surface area contributed by atoms with Crippen molar-refractivity contribution in [1.29, 1.82) is 0 Å². The van der Waals surface area contributed by atoms with E-state index in [1.807, 2.05) is 0 Å². The standard InChI is InChI=1S/C12H20N2O6S/c1-10-8-11(13-20-10)9-21(16,17)14(6-7-18-2)5-4-12(15)19-3/h8H,4-7,9H2,1-3H3. The monoisotopic (exact) mass is 320 g/mol. The molecule has 0 amide bonds. The molecule has 1 aromatic heterocycles. The van der Waals surface area contributed by atoms with Crippen molar-refractivity contribution >= 4 is 16.0 Å². The van der Waals surface area contributed by atoms with Crippen LogP contribution in [0.2, 0.25) is 0 Å². The van der Waals surface area contributed by atoms with Gasteiger partial charge in [-0.25, -0.2) is 8.42 Å². The van der Waals surface area contributed by atoms with Crippen molar-refractivity contribution in [3.63, 3.8) is 0 Å². The summed E-state index contributed by atoms with van der Waals surface area (Å²) in [5.74, 6) is -0.210. The lowest BCUT2D eigenvalue weighted by Gasteiger charge is -2.20. The van der Waals surface area contributed by atoms with E-state index in [2.05, 4.69) is 9.89 Å². The molecule has 0 aliphatic carbocycles. The molecule has 0 unspecified atom stereocenters. The third-order valence-corrected chi connectivity index (χ3v) is 4.55. The number of hydrogen-bond donors (Lipinski definition) is 0. The number of aromatic nitrogens is 1. The maximum atomic E-state index is 12.4. The minimum Gasteiger partial charge on any atom is -0.469 e. The Balaban J connectivity index is 2.76. The normalized spacial score (nSPS) is 11.8. The minimum atomic E-state index is -3.62. The Hall–Kier alpha value is -1.45. The summed E-state index contributed by atoms with van der Waals surface area (Å²) in [4.78, 5) is 11.2. The average Bonchev–Trinajstić information content (AvgIpc) is 2.82. The van der Waals surface area contributed by atoms with E-state index in [0.29, 0.717) is 11.5 Å². The van der Waals surface area contributed by atoms with Crippen LogP contribution >= 0.6 is 0 Å². The van der Waals surface area contributed by atoms with Crippen LogP contribution in [0.5, 0.6) is 0 Å². The Morgan fingerprint density at radius 2 is 2.10 bits per heavy atom. The molecule has 0 bridgehead atoms. The highest BCUT2D eigenvalue weighted by atomic mass is 32.2. The van der Waals surface area contributed by atoms with Crippen LogP contribution in [0, 0.1) is 6.92 Å². The molecule has 0 spiro atoms. The highest BCUT2D eigenvalue weighted by Gasteiger charge is 2.24. The number of aryl methyl sites for hydroxylation is 1. The van der Waals surface area contributed by atoms with Gasteiger partial charge in [-0.1, -0.05) is 5.16 Å². The van der Waals surface area contributed by atoms with E-state index < -0.39 is 16.0 Å². The van der Waals surface area contributed by atoms with Crippen molar-refractivity contribution in [2.24, 2.45) is 0 Å². The van der Waals surface area contributed by atoms with Gasteiger partial charge in [0.1, 0.15) is 17.2 Å². The molecule has 8 nitrogen and oxygen atoms in total. The molecule has 1 aromatic rings. The fourth-order valence-corrected chi connectivity index (χ4v) is 3.08. The molecule has 0 saturated carbocycles. The largest absolute Gasteiger partial charge is 0.469 e. The summed E-state index contributed by atoms with van der Waals surface area (Å²) in [5, 5.41) is 3.67. The maximum absolute atomic E-state index is 12.4. The van der Waals surface area contributed by atoms with Gasteiger partial charge in [-0.05, 0) is 6.92 Å². The van der Waals surface area contributed by atoms with Gasteiger partial charge in [0.2, 0.25) is 10.0 Å². The zero-order chi connectivity index (χ0) is 15.9. The lowest BCUT2D eigenvalue weighted by Crippen LogP contribution is -2.36. The molecule has 1 rings (SSSR count). The van der Waals surface area contributed by atoms with Gasteiger partial charge in [-0.15, -0.1) is 0 Å². The third kappa shape index (κ3) is 5.82. The molecular formula is C12H20N2O6S. The first-order valence-electron chi connectivity index (χ1n) is 6.35.